The van der Waals surface area contributed by atoms with Crippen molar-refractivity contribution >= 4 is 16.7 Å². The molecule has 1 heterocycles. The zero-order valence-corrected chi connectivity index (χ0v) is 17.6. The number of para-hydroxylation sites is 1. The van der Waals surface area contributed by atoms with Crippen LogP contribution in [-0.2, 0) is 6.42 Å². The van der Waals surface area contributed by atoms with Crippen molar-refractivity contribution in [2.45, 2.75) is 26.7 Å². The van der Waals surface area contributed by atoms with Gasteiger partial charge in [0.1, 0.15) is 5.82 Å². The topological polar surface area (TPSA) is 65.1 Å². The van der Waals surface area contributed by atoms with Crippen LogP contribution in [0.25, 0.3) is 16.5 Å². The van der Waals surface area contributed by atoms with Gasteiger partial charge in [-0.25, -0.2) is 4.39 Å². The Bertz CT molecular complexity index is 1250. The summed E-state index contributed by atoms with van der Waals surface area (Å²) >= 11 is 0. The summed E-state index contributed by atoms with van der Waals surface area (Å²) in [5, 5.41) is 0.492. The minimum absolute atomic E-state index is 0.151. The van der Waals surface area contributed by atoms with Gasteiger partial charge in [-0.15, -0.1) is 0 Å². The molecule has 2 N–H and O–H groups in total. The van der Waals surface area contributed by atoms with E-state index < -0.39 is 11.7 Å². The van der Waals surface area contributed by atoms with Gasteiger partial charge in [0.05, 0.1) is 5.56 Å². The second-order valence-corrected chi connectivity index (χ2v) is 7.23. The van der Waals surface area contributed by atoms with E-state index in [-0.39, 0.29) is 21.9 Å². The highest BCUT2D eigenvalue weighted by Crippen LogP contribution is 2.22. The Morgan fingerprint density at radius 3 is 2.13 bits per heavy atom. The van der Waals surface area contributed by atoms with Gasteiger partial charge in [-0.2, -0.15) is 0 Å². The molecule has 0 radical (unpaired) electrons. The lowest BCUT2D eigenvalue weighted by Gasteiger charge is -2.15. The SMILES string of the molecule is CCCc1ccccc1.Cc1c(C(N)=O)c2cc(F)ccc2c(=O)n1-c1ccccc1. The molecule has 0 aliphatic carbocycles. The molecule has 4 aromatic rings. The van der Waals surface area contributed by atoms with E-state index in [1.807, 2.05) is 6.07 Å². The van der Waals surface area contributed by atoms with Crippen LogP contribution in [0.2, 0.25) is 0 Å². The minimum atomic E-state index is -0.696. The molecule has 0 spiro atoms. The van der Waals surface area contributed by atoms with E-state index in [9.17, 15) is 14.0 Å². The monoisotopic (exact) mass is 416 g/mol. The molecule has 1 amide bonds. The van der Waals surface area contributed by atoms with Gasteiger partial charge in [-0.1, -0.05) is 61.9 Å². The van der Waals surface area contributed by atoms with Crippen molar-refractivity contribution in [3.63, 3.8) is 0 Å². The van der Waals surface area contributed by atoms with Crippen molar-refractivity contribution in [1.82, 2.24) is 4.57 Å². The molecule has 0 saturated heterocycles. The Kier molecular flexibility index (Phi) is 6.98. The smallest absolute Gasteiger partial charge is 0.263 e. The largest absolute Gasteiger partial charge is 0.366 e. The normalized spacial score (nSPS) is 10.4. The first-order chi connectivity index (χ1) is 14.9. The van der Waals surface area contributed by atoms with E-state index in [2.05, 4.69) is 37.3 Å². The molecule has 4 nitrogen and oxygen atoms in total. The number of benzene rings is 3. The number of hydrogen-bond donors (Lipinski definition) is 1. The van der Waals surface area contributed by atoms with Gasteiger partial charge in [0.25, 0.3) is 11.5 Å². The van der Waals surface area contributed by atoms with E-state index in [1.54, 1.807) is 31.2 Å². The molecule has 31 heavy (non-hydrogen) atoms. The van der Waals surface area contributed by atoms with Crippen LogP contribution in [0.5, 0.6) is 0 Å². The summed E-state index contributed by atoms with van der Waals surface area (Å²) in [4.78, 5) is 24.6. The first kappa shape index (κ1) is 22.0. The van der Waals surface area contributed by atoms with Crippen molar-refractivity contribution in [2.75, 3.05) is 0 Å². The van der Waals surface area contributed by atoms with Crippen LogP contribution >= 0.6 is 0 Å². The Labute approximate surface area is 180 Å². The van der Waals surface area contributed by atoms with Crippen molar-refractivity contribution in [1.29, 1.82) is 0 Å². The zero-order chi connectivity index (χ0) is 22.4. The first-order valence-corrected chi connectivity index (χ1v) is 10.2. The average Bonchev–Trinajstić information content (AvgIpc) is 2.75. The molecule has 0 bridgehead atoms. The van der Waals surface area contributed by atoms with Gasteiger partial charge in [-0.3, -0.25) is 14.2 Å². The van der Waals surface area contributed by atoms with Gasteiger partial charge in [0, 0.05) is 22.2 Å². The highest BCUT2D eigenvalue weighted by molar-refractivity contribution is 6.07. The third kappa shape index (κ3) is 4.89. The number of amides is 1. The summed E-state index contributed by atoms with van der Waals surface area (Å²) in [6, 6.07) is 23.2. The fourth-order valence-electron chi connectivity index (χ4n) is 3.62. The molecule has 158 valence electrons. The molecule has 0 saturated carbocycles. The summed E-state index contributed by atoms with van der Waals surface area (Å²) < 4.78 is 14.9. The van der Waals surface area contributed by atoms with E-state index in [0.29, 0.717) is 11.4 Å². The number of primary amides is 1. The first-order valence-electron chi connectivity index (χ1n) is 10.2. The Hall–Kier alpha value is -3.73. The molecule has 3 aromatic carbocycles. The molecule has 0 unspecified atom stereocenters. The lowest BCUT2D eigenvalue weighted by Crippen LogP contribution is -2.26. The molecule has 0 atom stereocenters. The summed E-state index contributed by atoms with van der Waals surface area (Å²) in [5.74, 6) is -1.22. The van der Waals surface area contributed by atoms with Crippen molar-refractivity contribution in [2.24, 2.45) is 5.73 Å². The quantitative estimate of drug-likeness (QED) is 0.498. The van der Waals surface area contributed by atoms with Crippen LogP contribution in [0.15, 0.2) is 83.7 Å². The van der Waals surface area contributed by atoms with Gasteiger partial charge in [0.15, 0.2) is 0 Å². The Morgan fingerprint density at radius 1 is 0.935 bits per heavy atom. The second-order valence-electron chi connectivity index (χ2n) is 7.23. The molecule has 1 aromatic heterocycles. The third-order valence-electron chi connectivity index (χ3n) is 5.02. The highest BCUT2D eigenvalue weighted by Gasteiger charge is 2.18. The van der Waals surface area contributed by atoms with E-state index in [1.165, 1.54) is 41.2 Å². The van der Waals surface area contributed by atoms with Crippen molar-refractivity contribution in [3.8, 4) is 5.69 Å². The van der Waals surface area contributed by atoms with Gasteiger partial charge < -0.3 is 5.73 Å². The average molecular weight is 416 g/mol. The molecule has 0 aliphatic heterocycles. The fraction of sp³-hybridized carbons (Fsp3) is 0.154. The minimum Gasteiger partial charge on any atom is -0.366 e. The standard InChI is InChI=1S/C17H13FN2O2.C9H12/c1-10-15(16(19)21)14-9-11(18)7-8-13(14)17(22)20(10)12-5-3-2-4-6-12;1-2-6-9-7-4-3-5-8-9/h2-9H,1H3,(H2,19,21);3-5,7-8H,2,6H2,1H3. The molecule has 0 fully saturated rings. The number of fused-ring (bicyclic) bond motifs is 1. The number of rotatable bonds is 4. The van der Waals surface area contributed by atoms with Gasteiger partial charge in [0.2, 0.25) is 0 Å². The van der Waals surface area contributed by atoms with Gasteiger partial charge >= 0.3 is 0 Å². The summed E-state index contributed by atoms with van der Waals surface area (Å²) in [7, 11) is 0. The van der Waals surface area contributed by atoms with E-state index in [0.717, 1.165) is 0 Å². The molecular formula is C26H25FN2O2. The summed E-state index contributed by atoms with van der Waals surface area (Å²) in [6.07, 6.45) is 2.45. The maximum atomic E-state index is 13.5. The predicted molar refractivity (Wildman–Crippen MR) is 123 cm³/mol. The van der Waals surface area contributed by atoms with Crippen molar-refractivity contribution in [3.05, 3.63) is 112 Å². The van der Waals surface area contributed by atoms with Crippen LogP contribution in [0.4, 0.5) is 4.39 Å². The summed E-state index contributed by atoms with van der Waals surface area (Å²) in [5.41, 5.74) is 7.74. The maximum Gasteiger partial charge on any atom is 0.263 e. The highest BCUT2D eigenvalue weighted by atomic mass is 19.1. The van der Waals surface area contributed by atoms with Crippen LogP contribution in [0.3, 0.4) is 0 Å². The molecule has 0 aliphatic rings. The lowest BCUT2D eigenvalue weighted by molar-refractivity contribution is 0.100. The number of carbonyl (C=O) groups is 1. The van der Waals surface area contributed by atoms with Crippen molar-refractivity contribution < 1.29 is 9.18 Å². The van der Waals surface area contributed by atoms with Gasteiger partial charge in [-0.05, 0) is 49.2 Å². The number of nitrogens with zero attached hydrogens (tertiary/aromatic N) is 1. The summed E-state index contributed by atoms with van der Waals surface area (Å²) in [6.45, 7) is 3.83. The predicted octanol–water partition coefficient (Wildman–Crippen LogP) is 5.18. The van der Waals surface area contributed by atoms with Crippen LogP contribution < -0.4 is 11.3 Å². The van der Waals surface area contributed by atoms with Crippen LogP contribution in [-0.4, -0.2) is 10.5 Å². The maximum absolute atomic E-state index is 13.5. The van der Waals surface area contributed by atoms with E-state index >= 15 is 0 Å². The number of hydrogen-bond acceptors (Lipinski definition) is 2. The number of nitrogens with two attached hydrogens (primary N) is 1. The number of carbonyl (C=O) groups excluding carboxylic acids is 1. The van der Waals surface area contributed by atoms with Crippen LogP contribution in [0, 0.1) is 12.7 Å². The number of aryl methyl sites for hydroxylation is 1. The molecule has 5 heteroatoms. The van der Waals surface area contributed by atoms with E-state index in [4.69, 9.17) is 5.73 Å². The number of aromatic nitrogens is 1. The number of halogens is 1. The lowest BCUT2D eigenvalue weighted by atomic mass is 10.0. The Balaban J connectivity index is 0.000000254. The number of pyridine rings is 1. The third-order valence-corrected chi connectivity index (χ3v) is 5.02. The fourth-order valence-corrected chi connectivity index (χ4v) is 3.62. The molecular weight excluding hydrogens is 391 g/mol. The molecule has 4 rings (SSSR count). The Morgan fingerprint density at radius 2 is 1.55 bits per heavy atom. The second kappa shape index (κ2) is 9.85. The van der Waals surface area contributed by atoms with Crippen LogP contribution in [0.1, 0.15) is 35.0 Å². The zero-order valence-electron chi connectivity index (χ0n) is 17.6.